The van der Waals surface area contributed by atoms with E-state index in [9.17, 15) is 9.59 Å². The second kappa shape index (κ2) is 5.58. The van der Waals surface area contributed by atoms with Gasteiger partial charge in [0.2, 0.25) is 0 Å². The van der Waals surface area contributed by atoms with Crippen molar-refractivity contribution in [2.75, 3.05) is 0 Å². The number of halogens is 1. The van der Waals surface area contributed by atoms with E-state index < -0.39 is 5.97 Å². The molecule has 0 spiro atoms. The van der Waals surface area contributed by atoms with Crippen molar-refractivity contribution in [3.63, 3.8) is 0 Å². The van der Waals surface area contributed by atoms with Gasteiger partial charge in [-0.1, -0.05) is 0 Å². The Bertz CT molecular complexity index is 631. The second-order valence-corrected chi connectivity index (χ2v) is 6.24. The summed E-state index contributed by atoms with van der Waals surface area (Å²) in [5.74, 6) is -0.517. The molecule has 0 saturated heterocycles. The number of carbonyl (C=O) groups excluding carboxylic acids is 1. The Labute approximate surface area is 121 Å². The van der Waals surface area contributed by atoms with Gasteiger partial charge in [0.15, 0.2) is 0 Å². The van der Waals surface area contributed by atoms with Crippen molar-refractivity contribution in [2.45, 2.75) is 13.5 Å². The first-order valence-electron chi connectivity index (χ1n) is 5.33. The molecule has 0 saturated carbocycles. The number of nitrogens with one attached hydrogen (secondary N) is 1. The molecule has 2 rings (SSSR count). The molecule has 19 heavy (non-hydrogen) atoms. The summed E-state index contributed by atoms with van der Waals surface area (Å²) in [6.45, 7) is 1.73. The smallest absolute Gasteiger partial charge is 0.339 e. The van der Waals surface area contributed by atoms with Gasteiger partial charge in [-0.15, -0.1) is 11.3 Å². The van der Waals surface area contributed by atoms with E-state index in [1.165, 1.54) is 17.4 Å². The number of furan rings is 1. The van der Waals surface area contributed by atoms with Crippen LogP contribution < -0.4 is 5.32 Å². The molecule has 2 heterocycles. The molecule has 2 aromatic heterocycles. The molecule has 0 atom stereocenters. The summed E-state index contributed by atoms with van der Waals surface area (Å²) in [7, 11) is 0. The largest absolute Gasteiger partial charge is 0.478 e. The Balaban J connectivity index is 2.01. The number of carboxylic acids is 1. The Morgan fingerprint density at radius 3 is 2.74 bits per heavy atom. The summed E-state index contributed by atoms with van der Waals surface area (Å²) in [6, 6.07) is 4.92. The highest BCUT2D eigenvalue weighted by Crippen LogP contribution is 2.22. The van der Waals surface area contributed by atoms with E-state index in [0.717, 1.165) is 3.79 Å². The summed E-state index contributed by atoms with van der Waals surface area (Å²) in [4.78, 5) is 23.2. The normalized spacial score (nSPS) is 10.4. The highest BCUT2D eigenvalue weighted by atomic mass is 79.9. The van der Waals surface area contributed by atoms with E-state index >= 15 is 0 Å². The monoisotopic (exact) mass is 343 g/mol. The van der Waals surface area contributed by atoms with Crippen molar-refractivity contribution in [3.05, 3.63) is 43.9 Å². The topological polar surface area (TPSA) is 79.5 Å². The van der Waals surface area contributed by atoms with Gasteiger partial charge in [0.25, 0.3) is 5.91 Å². The zero-order valence-electron chi connectivity index (χ0n) is 9.90. The molecule has 2 N–H and O–H groups in total. The van der Waals surface area contributed by atoms with Gasteiger partial charge in [-0.3, -0.25) is 4.79 Å². The zero-order valence-corrected chi connectivity index (χ0v) is 12.3. The molecule has 1 amide bonds. The molecule has 0 aliphatic rings. The summed E-state index contributed by atoms with van der Waals surface area (Å²) >= 11 is 4.60. The van der Waals surface area contributed by atoms with Crippen LogP contribution in [0.5, 0.6) is 0 Å². The Morgan fingerprint density at radius 2 is 2.21 bits per heavy atom. The van der Waals surface area contributed by atoms with Gasteiger partial charge in [-0.2, -0.15) is 0 Å². The number of rotatable bonds is 4. The van der Waals surface area contributed by atoms with Gasteiger partial charge in [0.05, 0.1) is 15.2 Å². The maximum atomic E-state index is 11.8. The third-order valence-corrected chi connectivity index (χ3v) is 4.04. The lowest BCUT2D eigenvalue weighted by molar-refractivity contribution is 0.0694. The summed E-state index contributed by atoms with van der Waals surface area (Å²) < 4.78 is 6.14. The summed E-state index contributed by atoms with van der Waals surface area (Å²) in [5, 5.41) is 11.6. The Hall–Kier alpha value is -1.60. The molecule has 0 fully saturated rings. The highest BCUT2D eigenvalue weighted by molar-refractivity contribution is 9.11. The van der Waals surface area contributed by atoms with E-state index in [1.807, 2.05) is 0 Å². The predicted octanol–water partition coefficient (Wildman–Crippen LogP) is 3.04. The van der Waals surface area contributed by atoms with E-state index in [2.05, 4.69) is 21.2 Å². The van der Waals surface area contributed by atoms with Gasteiger partial charge >= 0.3 is 5.97 Å². The average molecular weight is 344 g/mol. The van der Waals surface area contributed by atoms with Gasteiger partial charge in [0.1, 0.15) is 17.1 Å². The van der Waals surface area contributed by atoms with Gasteiger partial charge in [-0.25, -0.2) is 4.79 Å². The second-order valence-electron chi connectivity index (χ2n) is 3.77. The molecule has 0 aliphatic heterocycles. The quantitative estimate of drug-likeness (QED) is 0.894. The minimum absolute atomic E-state index is 0.114. The Kier molecular flexibility index (Phi) is 4.06. The molecule has 0 unspecified atom stereocenters. The van der Waals surface area contributed by atoms with Crippen molar-refractivity contribution in [1.29, 1.82) is 0 Å². The van der Waals surface area contributed by atoms with Crippen LogP contribution in [0.1, 0.15) is 31.6 Å². The molecule has 2 aromatic rings. The summed E-state index contributed by atoms with van der Waals surface area (Å²) in [6.07, 6.45) is 0. The molecule has 0 aromatic carbocycles. The number of aromatic carboxylic acids is 1. The first-order chi connectivity index (χ1) is 8.97. The molecule has 7 heteroatoms. The molecule has 0 radical (unpaired) electrons. The molecule has 0 bridgehead atoms. The van der Waals surface area contributed by atoms with E-state index in [1.54, 1.807) is 19.1 Å². The van der Waals surface area contributed by atoms with Crippen LogP contribution in [0.4, 0.5) is 0 Å². The third-order valence-electron chi connectivity index (χ3n) is 2.42. The van der Waals surface area contributed by atoms with Crippen LogP contribution in [0.3, 0.4) is 0 Å². The first-order valence-corrected chi connectivity index (χ1v) is 6.94. The number of aryl methyl sites for hydroxylation is 1. The number of carbonyl (C=O) groups is 2. The fourth-order valence-electron chi connectivity index (χ4n) is 1.53. The van der Waals surface area contributed by atoms with E-state index in [4.69, 9.17) is 9.52 Å². The number of amides is 1. The van der Waals surface area contributed by atoms with Gasteiger partial charge < -0.3 is 14.8 Å². The van der Waals surface area contributed by atoms with Crippen LogP contribution in [-0.2, 0) is 6.54 Å². The Morgan fingerprint density at radius 1 is 1.47 bits per heavy atom. The minimum atomic E-state index is -1.04. The SMILES string of the molecule is Cc1oc(CNC(=O)c2ccc(Br)s2)cc1C(=O)O. The zero-order chi connectivity index (χ0) is 14.0. The number of hydrogen-bond acceptors (Lipinski definition) is 4. The fraction of sp³-hybridized carbons (Fsp3) is 0.167. The van der Waals surface area contributed by atoms with Crippen molar-refractivity contribution < 1.29 is 19.1 Å². The maximum Gasteiger partial charge on any atom is 0.339 e. The summed E-state index contributed by atoms with van der Waals surface area (Å²) in [5.41, 5.74) is 0.114. The molecular formula is C12H10BrNO4S. The lowest BCUT2D eigenvalue weighted by atomic mass is 10.2. The number of carboxylic acid groups (broad SMARTS) is 1. The van der Waals surface area contributed by atoms with Gasteiger partial charge in [-0.05, 0) is 41.1 Å². The van der Waals surface area contributed by atoms with Crippen molar-refractivity contribution in [1.82, 2.24) is 5.32 Å². The van der Waals surface area contributed by atoms with Crippen LogP contribution >= 0.6 is 27.3 Å². The predicted molar refractivity (Wildman–Crippen MR) is 73.6 cm³/mol. The van der Waals surface area contributed by atoms with E-state index in [0.29, 0.717) is 16.4 Å². The van der Waals surface area contributed by atoms with Crippen LogP contribution in [0, 0.1) is 6.92 Å². The standard InChI is InChI=1S/C12H10BrNO4S/c1-6-8(12(16)17)4-7(18-6)5-14-11(15)9-2-3-10(13)19-9/h2-4H,5H2,1H3,(H,14,15)(H,16,17). The highest BCUT2D eigenvalue weighted by Gasteiger charge is 2.15. The first kappa shape index (κ1) is 13.8. The molecule has 0 aliphatic carbocycles. The third kappa shape index (κ3) is 3.24. The molecular weight excluding hydrogens is 334 g/mol. The lowest BCUT2D eigenvalue weighted by Gasteiger charge is -2.00. The van der Waals surface area contributed by atoms with Crippen LogP contribution in [0.25, 0.3) is 0 Å². The van der Waals surface area contributed by atoms with Crippen molar-refractivity contribution in [2.24, 2.45) is 0 Å². The molecule has 100 valence electrons. The lowest BCUT2D eigenvalue weighted by Crippen LogP contribution is -2.21. The van der Waals surface area contributed by atoms with Crippen LogP contribution in [-0.4, -0.2) is 17.0 Å². The van der Waals surface area contributed by atoms with Crippen LogP contribution in [0.15, 0.2) is 26.4 Å². The molecule has 5 nitrogen and oxygen atoms in total. The number of thiophene rings is 1. The fourth-order valence-corrected chi connectivity index (χ4v) is 2.84. The van der Waals surface area contributed by atoms with Crippen molar-refractivity contribution >= 4 is 39.1 Å². The minimum Gasteiger partial charge on any atom is -0.478 e. The van der Waals surface area contributed by atoms with Crippen molar-refractivity contribution in [3.8, 4) is 0 Å². The maximum absolute atomic E-state index is 11.8. The number of hydrogen-bond donors (Lipinski definition) is 2. The van der Waals surface area contributed by atoms with Crippen LogP contribution in [0.2, 0.25) is 0 Å². The van der Waals surface area contributed by atoms with Gasteiger partial charge in [0, 0.05) is 0 Å². The average Bonchev–Trinajstić information content (AvgIpc) is 2.92. The van der Waals surface area contributed by atoms with E-state index in [-0.39, 0.29) is 18.0 Å².